The highest BCUT2D eigenvalue weighted by Gasteiger charge is 2.24. The molecule has 2 aromatic rings. The number of amides is 1. The van der Waals surface area contributed by atoms with Gasteiger partial charge in [-0.05, 0) is 21.9 Å². The Hall–Kier alpha value is -2.35. The standard InChI is InChI=1S/C18H17NO/c1-3-12-19(13(2)20)17-11-10-15-7-4-6-14-8-5-9-16(17)18(14)15/h3-11,17H,1,12H2,2H3. The van der Waals surface area contributed by atoms with Crippen molar-refractivity contribution in [1.29, 1.82) is 0 Å². The van der Waals surface area contributed by atoms with Gasteiger partial charge in [0.2, 0.25) is 5.91 Å². The van der Waals surface area contributed by atoms with Crippen molar-refractivity contribution in [2.45, 2.75) is 13.0 Å². The summed E-state index contributed by atoms with van der Waals surface area (Å²) in [7, 11) is 0. The van der Waals surface area contributed by atoms with Crippen LogP contribution < -0.4 is 0 Å². The normalized spacial score (nSPS) is 16.1. The largest absolute Gasteiger partial charge is 0.329 e. The van der Waals surface area contributed by atoms with Crippen molar-refractivity contribution in [3.8, 4) is 0 Å². The van der Waals surface area contributed by atoms with Gasteiger partial charge in [-0.15, -0.1) is 6.58 Å². The summed E-state index contributed by atoms with van der Waals surface area (Å²) in [4.78, 5) is 13.8. The van der Waals surface area contributed by atoms with Crippen LogP contribution >= 0.6 is 0 Å². The monoisotopic (exact) mass is 263 g/mol. The molecule has 0 heterocycles. The number of carbonyl (C=O) groups excluding carboxylic acids is 1. The summed E-state index contributed by atoms with van der Waals surface area (Å²) in [6.07, 6.45) is 5.98. The molecule has 3 rings (SSSR count). The Balaban J connectivity index is 2.18. The average molecular weight is 263 g/mol. The van der Waals surface area contributed by atoms with Gasteiger partial charge < -0.3 is 4.90 Å². The molecule has 1 unspecified atom stereocenters. The van der Waals surface area contributed by atoms with E-state index in [1.165, 1.54) is 21.9 Å². The molecule has 1 aliphatic carbocycles. The van der Waals surface area contributed by atoms with Crippen molar-refractivity contribution in [3.05, 3.63) is 66.3 Å². The van der Waals surface area contributed by atoms with Crippen molar-refractivity contribution in [2.75, 3.05) is 6.54 Å². The first-order valence-corrected chi connectivity index (χ1v) is 6.80. The third kappa shape index (κ3) is 1.94. The molecule has 0 aliphatic heterocycles. The Morgan fingerprint density at radius 3 is 2.75 bits per heavy atom. The number of rotatable bonds is 3. The zero-order chi connectivity index (χ0) is 14.1. The van der Waals surface area contributed by atoms with E-state index in [2.05, 4.69) is 55.1 Å². The topological polar surface area (TPSA) is 20.3 Å². The highest BCUT2D eigenvalue weighted by molar-refractivity contribution is 5.96. The summed E-state index contributed by atoms with van der Waals surface area (Å²) in [6.45, 7) is 5.92. The number of nitrogens with zero attached hydrogens (tertiary/aromatic N) is 1. The van der Waals surface area contributed by atoms with Gasteiger partial charge in [0, 0.05) is 13.5 Å². The van der Waals surface area contributed by atoms with Gasteiger partial charge in [-0.1, -0.05) is 54.6 Å². The molecule has 100 valence electrons. The molecular formula is C18H17NO. The number of hydrogen-bond donors (Lipinski definition) is 0. The van der Waals surface area contributed by atoms with Crippen LogP contribution in [0.25, 0.3) is 16.8 Å². The molecule has 20 heavy (non-hydrogen) atoms. The fourth-order valence-corrected chi connectivity index (χ4v) is 2.93. The first kappa shape index (κ1) is 12.7. The predicted octanol–water partition coefficient (Wildman–Crippen LogP) is 3.94. The molecule has 2 heteroatoms. The van der Waals surface area contributed by atoms with Crippen LogP contribution in [0.15, 0.2) is 55.1 Å². The first-order valence-electron chi connectivity index (χ1n) is 6.80. The maximum absolute atomic E-state index is 11.9. The summed E-state index contributed by atoms with van der Waals surface area (Å²) in [5.74, 6) is 0.0657. The molecule has 0 aromatic heterocycles. The number of benzene rings is 2. The number of hydrogen-bond acceptors (Lipinski definition) is 1. The second kappa shape index (κ2) is 4.97. The number of carbonyl (C=O) groups is 1. The van der Waals surface area contributed by atoms with Crippen LogP contribution in [-0.2, 0) is 4.79 Å². The van der Waals surface area contributed by atoms with Crippen LogP contribution in [0.3, 0.4) is 0 Å². The van der Waals surface area contributed by atoms with Crippen LogP contribution in [0.5, 0.6) is 0 Å². The molecule has 0 fully saturated rings. The summed E-state index contributed by atoms with van der Waals surface area (Å²) in [6, 6.07) is 12.6. The fourth-order valence-electron chi connectivity index (χ4n) is 2.93. The molecule has 0 N–H and O–H groups in total. The van der Waals surface area contributed by atoms with E-state index in [9.17, 15) is 4.79 Å². The Bertz CT molecular complexity index is 709. The van der Waals surface area contributed by atoms with E-state index < -0.39 is 0 Å². The smallest absolute Gasteiger partial charge is 0.220 e. The summed E-state index contributed by atoms with van der Waals surface area (Å²) >= 11 is 0. The van der Waals surface area contributed by atoms with Gasteiger partial charge >= 0.3 is 0 Å². The van der Waals surface area contributed by atoms with E-state index in [-0.39, 0.29) is 11.9 Å². The summed E-state index contributed by atoms with van der Waals surface area (Å²) < 4.78 is 0. The van der Waals surface area contributed by atoms with Crippen LogP contribution in [0.4, 0.5) is 0 Å². The second-order valence-corrected chi connectivity index (χ2v) is 5.06. The highest BCUT2D eigenvalue weighted by Crippen LogP contribution is 2.36. The van der Waals surface area contributed by atoms with Crippen LogP contribution in [-0.4, -0.2) is 17.4 Å². The zero-order valence-electron chi connectivity index (χ0n) is 11.5. The molecule has 0 saturated heterocycles. The van der Waals surface area contributed by atoms with E-state index in [0.29, 0.717) is 6.54 Å². The molecular weight excluding hydrogens is 246 g/mol. The van der Waals surface area contributed by atoms with Crippen molar-refractivity contribution in [3.63, 3.8) is 0 Å². The van der Waals surface area contributed by atoms with E-state index in [1.54, 1.807) is 13.0 Å². The Kier molecular flexibility index (Phi) is 3.15. The third-order valence-corrected chi connectivity index (χ3v) is 3.81. The van der Waals surface area contributed by atoms with Crippen molar-refractivity contribution in [2.24, 2.45) is 0 Å². The van der Waals surface area contributed by atoms with E-state index in [0.717, 1.165) is 0 Å². The summed E-state index contributed by atoms with van der Waals surface area (Å²) in [5, 5.41) is 2.47. The Morgan fingerprint density at radius 2 is 2.05 bits per heavy atom. The molecule has 1 amide bonds. The predicted molar refractivity (Wildman–Crippen MR) is 83.3 cm³/mol. The average Bonchev–Trinajstić information content (AvgIpc) is 2.46. The van der Waals surface area contributed by atoms with Gasteiger partial charge in [-0.3, -0.25) is 4.79 Å². The summed E-state index contributed by atoms with van der Waals surface area (Å²) in [5.41, 5.74) is 2.41. The van der Waals surface area contributed by atoms with Crippen LogP contribution in [0.2, 0.25) is 0 Å². The lowest BCUT2D eigenvalue weighted by atomic mass is 9.89. The van der Waals surface area contributed by atoms with Gasteiger partial charge in [0.05, 0.1) is 6.04 Å². The van der Waals surface area contributed by atoms with E-state index in [4.69, 9.17) is 0 Å². The molecule has 0 radical (unpaired) electrons. The van der Waals surface area contributed by atoms with E-state index >= 15 is 0 Å². The van der Waals surface area contributed by atoms with Gasteiger partial charge in [0.1, 0.15) is 0 Å². The van der Waals surface area contributed by atoms with Crippen LogP contribution in [0.1, 0.15) is 24.1 Å². The van der Waals surface area contributed by atoms with Crippen molar-refractivity contribution in [1.82, 2.24) is 4.90 Å². The molecule has 2 nitrogen and oxygen atoms in total. The maximum Gasteiger partial charge on any atom is 0.220 e. The zero-order valence-corrected chi connectivity index (χ0v) is 11.5. The maximum atomic E-state index is 11.9. The minimum Gasteiger partial charge on any atom is -0.329 e. The lowest BCUT2D eigenvalue weighted by Gasteiger charge is -2.31. The quantitative estimate of drug-likeness (QED) is 0.768. The molecule has 0 saturated carbocycles. The second-order valence-electron chi connectivity index (χ2n) is 5.06. The lowest BCUT2D eigenvalue weighted by molar-refractivity contribution is -0.129. The van der Waals surface area contributed by atoms with Gasteiger partial charge in [0.25, 0.3) is 0 Å². The molecule has 1 aliphatic rings. The molecule has 1 atom stereocenters. The van der Waals surface area contributed by atoms with Gasteiger partial charge in [0.15, 0.2) is 0 Å². The highest BCUT2D eigenvalue weighted by atomic mass is 16.2. The van der Waals surface area contributed by atoms with Gasteiger partial charge in [-0.25, -0.2) is 0 Å². The van der Waals surface area contributed by atoms with Crippen LogP contribution in [0, 0.1) is 0 Å². The molecule has 2 aromatic carbocycles. The van der Waals surface area contributed by atoms with Gasteiger partial charge in [-0.2, -0.15) is 0 Å². The Labute approximate surface area is 119 Å². The van der Waals surface area contributed by atoms with E-state index in [1.807, 2.05) is 4.90 Å². The Morgan fingerprint density at radius 1 is 1.30 bits per heavy atom. The van der Waals surface area contributed by atoms with Crippen molar-refractivity contribution < 1.29 is 4.79 Å². The molecule has 0 bridgehead atoms. The molecule has 0 spiro atoms. The minimum atomic E-state index is -0.0101. The lowest BCUT2D eigenvalue weighted by Crippen LogP contribution is -2.33. The van der Waals surface area contributed by atoms with Crippen molar-refractivity contribution >= 4 is 22.8 Å². The third-order valence-electron chi connectivity index (χ3n) is 3.81. The first-order chi connectivity index (χ1) is 9.72. The minimum absolute atomic E-state index is 0.0101. The SMILES string of the molecule is C=CCN(C(C)=O)C1C=Cc2cccc3cccc1c23. The fraction of sp³-hybridized carbons (Fsp3) is 0.167.